The molecule has 9 heteroatoms. The summed E-state index contributed by atoms with van der Waals surface area (Å²) >= 11 is 12.3. The molecule has 0 spiro atoms. The van der Waals surface area contributed by atoms with E-state index in [1.165, 1.54) is 0 Å². The number of urea groups is 1. The molecule has 1 aromatic heterocycles. The molecule has 1 aromatic carbocycles. The number of amides is 2. The van der Waals surface area contributed by atoms with Crippen molar-refractivity contribution in [3.05, 3.63) is 46.1 Å². The van der Waals surface area contributed by atoms with Crippen molar-refractivity contribution in [1.82, 2.24) is 15.1 Å². The highest BCUT2D eigenvalue weighted by Gasteiger charge is 2.11. The van der Waals surface area contributed by atoms with Crippen LogP contribution in [0, 0.1) is 0 Å². The lowest BCUT2D eigenvalue weighted by atomic mass is 10.2. The maximum Gasteiger partial charge on any atom is 0.320 e. The molecule has 2 rings (SSSR count). The number of nitrogens with zero attached hydrogens (tertiary/aromatic N) is 2. The van der Waals surface area contributed by atoms with Crippen molar-refractivity contribution in [3.63, 3.8) is 0 Å². The molecule has 0 bridgehead atoms. The molecule has 0 atom stereocenters. The summed E-state index contributed by atoms with van der Waals surface area (Å²) in [5.74, 6) is -0.423. The zero-order valence-electron chi connectivity index (χ0n) is 12.6. The van der Waals surface area contributed by atoms with Crippen LogP contribution in [0.2, 0.25) is 10.0 Å². The van der Waals surface area contributed by atoms with Crippen LogP contribution in [0.4, 0.5) is 10.6 Å². The Morgan fingerprint density at radius 2 is 1.92 bits per heavy atom. The number of rotatable bonds is 7. The Morgan fingerprint density at radius 3 is 2.58 bits per heavy atom. The minimum atomic E-state index is -0.896. The fourth-order valence-electron chi connectivity index (χ4n) is 2.00. The second kappa shape index (κ2) is 8.56. The molecule has 128 valence electrons. The highest BCUT2D eigenvalue weighted by molar-refractivity contribution is 6.35. The summed E-state index contributed by atoms with van der Waals surface area (Å²) in [7, 11) is 0. The quantitative estimate of drug-likeness (QED) is 0.651. The van der Waals surface area contributed by atoms with E-state index in [0.717, 1.165) is 0 Å². The van der Waals surface area contributed by atoms with Gasteiger partial charge in [-0.1, -0.05) is 29.3 Å². The lowest BCUT2D eigenvalue weighted by Crippen LogP contribution is -2.30. The van der Waals surface area contributed by atoms with Crippen molar-refractivity contribution in [2.75, 3.05) is 11.9 Å². The van der Waals surface area contributed by atoms with Gasteiger partial charge in [0.25, 0.3) is 0 Å². The number of carboxylic acids is 1. The van der Waals surface area contributed by atoms with Gasteiger partial charge in [-0.3, -0.25) is 10.1 Å². The molecule has 0 saturated heterocycles. The Kier molecular flexibility index (Phi) is 6.45. The van der Waals surface area contributed by atoms with Crippen molar-refractivity contribution in [2.45, 2.75) is 19.4 Å². The van der Waals surface area contributed by atoms with E-state index in [-0.39, 0.29) is 13.0 Å². The minimum absolute atomic E-state index is 0.00319. The lowest BCUT2D eigenvalue weighted by Gasteiger charge is -2.12. The summed E-state index contributed by atoms with van der Waals surface area (Å²) in [5.41, 5.74) is 0.703. The fourth-order valence-corrected chi connectivity index (χ4v) is 2.52. The van der Waals surface area contributed by atoms with Gasteiger partial charge in [0.2, 0.25) is 0 Å². The Balaban J connectivity index is 1.95. The predicted octanol–water partition coefficient (Wildman–Crippen LogP) is 3.22. The number of aliphatic carboxylic acids is 1. The van der Waals surface area contributed by atoms with Crippen molar-refractivity contribution in [1.29, 1.82) is 0 Å². The Labute approximate surface area is 148 Å². The van der Waals surface area contributed by atoms with Gasteiger partial charge < -0.3 is 10.4 Å². The molecule has 0 aliphatic carbocycles. The first-order valence-electron chi connectivity index (χ1n) is 7.18. The number of carbonyl (C=O) groups excluding carboxylic acids is 1. The smallest absolute Gasteiger partial charge is 0.320 e. The second-order valence-corrected chi connectivity index (χ2v) is 5.77. The summed E-state index contributed by atoms with van der Waals surface area (Å²) in [4.78, 5) is 22.2. The number of hydrogen-bond acceptors (Lipinski definition) is 3. The molecule has 1 heterocycles. The van der Waals surface area contributed by atoms with Crippen LogP contribution >= 0.6 is 23.2 Å². The standard InChI is InChI=1S/C15H16Cl2N4O3/c16-11-3-1-4-12(17)10(11)9-21-13(6-8-19-21)20-15(24)18-7-2-5-14(22)23/h1,3-4,6,8H,2,5,7,9H2,(H,22,23)(H2,18,20,24). The summed E-state index contributed by atoms with van der Waals surface area (Å²) in [6, 6.07) is 6.42. The number of carbonyl (C=O) groups is 2. The largest absolute Gasteiger partial charge is 0.481 e. The number of anilines is 1. The monoisotopic (exact) mass is 370 g/mol. The van der Waals surface area contributed by atoms with E-state index in [1.54, 1.807) is 35.1 Å². The predicted molar refractivity (Wildman–Crippen MR) is 91.7 cm³/mol. The summed E-state index contributed by atoms with van der Waals surface area (Å²) in [5, 5.41) is 19.0. The molecule has 0 aliphatic heterocycles. The minimum Gasteiger partial charge on any atom is -0.481 e. The molecule has 2 aromatic rings. The van der Waals surface area contributed by atoms with Crippen molar-refractivity contribution < 1.29 is 14.7 Å². The third kappa shape index (κ3) is 5.14. The summed E-state index contributed by atoms with van der Waals surface area (Å²) in [6.45, 7) is 0.572. The van der Waals surface area contributed by atoms with Crippen LogP contribution in [0.1, 0.15) is 18.4 Å². The fraction of sp³-hybridized carbons (Fsp3) is 0.267. The molecule has 7 nitrogen and oxygen atoms in total. The number of benzene rings is 1. The average molecular weight is 371 g/mol. The van der Waals surface area contributed by atoms with E-state index in [9.17, 15) is 9.59 Å². The SMILES string of the molecule is O=C(O)CCCNC(=O)Nc1ccnn1Cc1c(Cl)cccc1Cl. The van der Waals surface area contributed by atoms with E-state index in [4.69, 9.17) is 28.3 Å². The Bertz CT molecular complexity index is 713. The molecule has 2 amide bonds. The number of nitrogens with one attached hydrogen (secondary N) is 2. The van der Waals surface area contributed by atoms with Crippen LogP contribution < -0.4 is 10.6 Å². The Hall–Kier alpha value is -2.25. The number of hydrogen-bond donors (Lipinski definition) is 3. The van der Waals surface area contributed by atoms with Gasteiger partial charge in [0.05, 0.1) is 12.7 Å². The van der Waals surface area contributed by atoms with E-state index < -0.39 is 12.0 Å². The van der Waals surface area contributed by atoms with Crippen LogP contribution in [0.15, 0.2) is 30.5 Å². The van der Waals surface area contributed by atoms with Crippen molar-refractivity contribution >= 4 is 41.0 Å². The molecule has 0 fully saturated rings. The lowest BCUT2D eigenvalue weighted by molar-refractivity contribution is -0.137. The van der Waals surface area contributed by atoms with Crippen LogP contribution in [0.25, 0.3) is 0 Å². The average Bonchev–Trinajstić information content (AvgIpc) is 2.94. The first-order chi connectivity index (χ1) is 11.5. The first kappa shape index (κ1) is 18.1. The summed E-state index contributed by atoms with van der Waals surface area (Å²) < 4.78 is 1.56. The van der Waals surface area contributed by atoms with Crippen molar-refractivity contribution in [3.8, 4) is 0 Å². The van der Waals surface area contributed by atoms with Gasteiger partial charge >= 0.3 is 12.0 Å². The molecule has 0 aliphatic rings. The number of aromatic nitrogens is 2. The topological polar surface area (TPSA) is 96.2 Å². The first-order valence-corrected chi connectivity index (χ1v) is 7.94. The van der Waals surface area contributed by atoms with Gasteiger partial charge in [0, 0.05) is 34.6 Å². The maximum atomic E-state index is 11.8. The van der Waals surface area contributed by atoms with E-state index in [1.807, 2.05) is 0 Å². The van der Waals surface area contributed by atoms with Gasteiger partial charge in [-0.25, -0.2) is 9.48 Å². The number of carboxylic acid groups (broad SMARTS) is 1. The van der Waals surface area contributed by atoms with E-state index >= 15 is 0 Å². The summed E-state index contributed by atoms with van der Waals surface area (Å²) in [6.07, 6.45) is 1.91. The van der Waals surface area contributed by atoms with Crippen LogP contribution in [0.3, 0.4) is 0 Å². The third-order valence-corrected chi connectivity index (χ3v) is 3.89. The maximum absolute atomic E-state index is 11.8. The van der Waals surface area contributed by atoms with Crippen LogP contribution in [0.5, 0.6) is 0 Å². The van der Waals surface area contributed by atoms with Crippen LogP contribution in [-0.2, 0) is 11.3 Å². The molecule has 3 N–H and O–H groups in total. The normalized spacial score (nSPS) is 10.4. The van der Waals surface area contributed by atoms with Gasteiger partial charge in [0.1, 0.15) is 5.82 Å². The highest BCUT2D eigenvalue weighted by atomic mass is 35.5. The third-order valence-electron chi connectivity index (χ3n) is 3.18. The van der Waals surface area contributed by atoms with Gasteiger partial charge in [-0.05, 0) is 18.6 Å². The Morgan fingerprint density at radius 1 is 1.21 bits per heavy atom. The van der Waals surface area contributed by atoms with Crippen molar-refractivity contribution in [2.24, 2.45) is 0 Å². The zero-order chi connectivity index (χ0) is 17.5. The van der Waals surface area contributed by atoms with Gasteiger partial charge in [0.15, 0.2) is 0 Å². The van der Waals surface area contributed by atoms with E-state index in [2.05, 4.69) is 15.7 Å². The molecular formula is C15H16Cl2N4O3. The van der Waals surface area contributed by atoms with Gasteiger partial charge in [-0.15, -0.1) is 0 Å². The molecule has 0 unspecified atom stereocenters. The van der Waals surface area contributed by atoms with Gasteiger partial charge in [-0.2, -0.15) is 5.10 Å². The molecular weight excluding hydrogens is 355 g/mol. The zero-order valence-corrected chi connectivity index (χ0v) is 14.1. The van der Waals surface area contributed by atoms with Crippen LogP contribution in [-0.4, -0.2) is 33.4 Å². The van der Waals surface area contributed by atoms with E-state index in [0.29, 0.717) is 34.4 Å². The molecule has 24 heavy (non-hydrogen) atoms. The molecule has 0 radical (unpaired) electrons. The highest BCUT2D eigenvalue weighted by Crippen LogP contribution is 2.25. The number of halogens is 2. The second-order valence-electron chi connectivity index (χ2n) is 4.95. The molecule has 0 saturated carbocycles.